The van der Waals surface area contributed by atoms with Gasteiger partial charge in [-0.15, -0.1) is 0 Å². The van der Waals surface area contributed by atoms with E-state index in [1.54, 1.807) is 31.2 Å². The zero-order valence-electron chi connectivity index (χ0n) is 23.8. The number of benzene rings is 3. The van der Waals surface area contributed by atoms with E-state index in [1.807, 2.05) is 37.3 Å². The van der Waals surface area contributed by atoms with Gasteiger partial charge in [0.15, 0.2) is 0 Å². The smallest absolute Gasteiger partial charge is 0.271 e. The molecule has 1 N–H and O–H groups in total. The van der Waals surface area contributed by atoms with Crippen LogP contribution >= 0.6 is 11.6 Å². The highest BCUT2D eigenvalue weighted by molar-refractivity contribution is 7.92. The van der Waals surface area contributed by atoms with Crippen LogP contribution in [0, 0.1) is 17.0 Å². The molecule has 0 aliphatic heterocycles. The van der Waals surface area contributed by atoms with Gasteiger partial charge >= 0.3 is 0 Å². The van der Waals surface area contributed by atoms with Gasteiger partial charge in [0.25, 0.3) is 5.69 Å². The Morgan fingerprint density at radius 3 is 2.29 bits per heavy atom. The van der Waals surface area contributed by atoms with Crippen molar-refractivity contribution in [2.75, 3.05) is 23.7 Å². The molecule has 224 valence electrons. The minimum absolute atomic E-state index is 0.000220. The summed E-state index contributed by atoms with van der Waals surface area (Å²) in [7, 11) is -4.07. The minimum atomic E-state index is -4.07. The molecule has 0 bridgehead atoms. The van der Waals surface area contributed by atoms with Gasteiger partial charge in [0.1, 0.15) is 12.6 Å². The number of unbranched alkanes of at least 4 members (excludes halogenated alkanes) is 1. The highest BCUT2D eigenvalue weighted by atomic mass is 35.5. The number of halogens is 1. The number of hydrogen-bond donors (Lipinski definition) is 1. The van der Waals surface area contributed by atoms with Crippen molar-refractivity contribution in [3.63, 3.8) is 0 Å². The Bertz CT molecular complexity index is 1500. The van der Waals surface area contributed by atoms with Crippen LogP contribution in [0.5, 0.6) is 0 Å². The van der Waals surface area contributed by atoms with Gasteiger partial charge in [-0.2, -0.15) is 0 Å². The molecule has 1 unspecified atom stereocenters. The second-order valence-electron chi connectivity index (χ2n) is 10.00. The van der Waals surface area contributed by atoms with Crippen LogP contribution in [0.15, 0.2) is 72.8 Å². The molecule has 3 aromatic carbocycles. The summed E-state index contributed by atoms with van der Waals surface area (Å²) < 4.78 is 26.8. The van der Waals surface area contributed by atoms with Crippen molar-refractivity contribution in [1.29, 1.82) is 0 Å². The maximum Gasteiger partial charge on any atom is 0.271 e. The van der Waals surface area contributed by atoms with Crippen LogP contribution in [0.1, 0.15) is 36.5 Å². The molecule has 2 amide bonds. The van der Waals surface area contributed by atoms with Crippen molar-refractivity contribution in [3.8, 4) is 0 Å². The summed E-state index contributed by atoms with van der Waals surface area (Å²) >= 11 is 6.07. The molecule has 0 aromatic heterocycles. The Kier molecular flexibility index (Phi) is 11.5. The first-order valence-electron chi connectivity index (χ1n) is 13.5. The number of non-ortho nitro benzene ring substituents is 1. The maximum atomic E-state index is 14.1. The molecule has 0 saturated carbocycles. The molecule has 3 aromatic rings. The average Bonchev–Trinajstić information content (AvgIpc) is 2.95. The molecule has 0 aliphatic carbocycles. The number of hydrogen-bond acceptors (Lipinski definition) is 6. The van der Waals surface area contributed by atoms with E-state index < -0.39 is 33.4 Å². The summed E-state index contributed by atoms with van der Waals surface area (Å²) in [5.74, 6) is -1.01. The van der Waals surface area contributed by atoms with Gasteiger partial charge in [-0.05, 0) is 42.2 Å². The van der Waals surface area contributed by atoms with E-state index in [0.717, 1.165) is 35.0 Å². The van der Waals surface area contributed by atoms with Crippen LogP contribution in [-0.2, 0) is 32.6 Å². The number of anilines is 1. The number of nitro groups is 1. The van der Waals surface area contributed by atoms with E-state index in [-0.39, 0.29) is 30.2 Å². The molecule has 1 atom stereocenters. The molecule has 42 heavy (non-hydrogen) atoms. The normalized spacial score (nSPS) is 11.9. The number of sulfonamides is 1. The topological polar surface area (TPSA) is 130 Å². The summed E-state index contributed by atoms with van der Waals surface area (Å²) in [5.41, 5.74) is 1.63. The van der Waals surface area contributed by atoms with E-state index in [1.165, 1.54) is 17.0 Å². The first-order chi connectivity index (χ1) is 19.9. The van der Waals surface area contributed by atoms with Crippen LogP contribution in [0.3, 0.4) is 0 Å². The van der Waals surface area contributed by atoms with Gasteiger partial charge in [0, 0.05) is 36.7 Å². The van der Waals surface area contributed by atoms with Crippen LogP contribution in [0.25, 0.3) is 0 Å². The molecule has 10 nitrogen and oxygen atoms in total. The Balaban J connectivity index is 2.08. The molecule has 0 heterocycles. The molecule has 12 heteroatoms. The highest BCUT2D eigenvalue weighted by Crippen LogP contribution is 2.28. The van der Waals surface area contributed by atoms with Crippen molar-refractivity contribution in [2.24, 2.45) is 0 Å². The average molecular weight is 615 g/mol. The number of nitro benzene ring substituents is 1. The van der Waals surface area contributed by atoms with Crippen LogP contribution in [0.4, 0.5) is 11.4 Å². The van der Waals surface area contributed by atoms with E-state index in [9.17, 15) is 28.1 Å². The standard InChI is InChI=1S/C30H35ClN4O6S/c1-4-5-17-32-30(37)28(18-23-9-7-6-8-10-23)33(20-24-12-14-25(31)15-13-24)29(36)21-34(42(3,40)41)27-19-26(35(38)39)16-11-22(27)2/h6-16,19,28H,4-5,17-18,20-21H2,1-3H3,(H,32,37). The Hall–Kier alpha value is -3.96. The lowest BCUT2D eigenvalue weighted by molar-refractivity contribution is -0.384. The summed E-state index contributed by atoms with van der Waals surface area (Å²) in [6.45, 7) is 3.36. The van der Waals surface area contributed by atoms with Crippen molar-refractivity contribution in [1.82, 2.24) is 10.2 Å². The number of carbonyl (C=O) groups excluding carboxylic acids is 2. The van der Waals surface area contributed by atoms with E-state index >= 15 is 0 Å². The zero-order chi connectivity index (χ0) is 30.9. The third kappa shape index (κ3) is 9.02. The predicted octanol–water partition coefficient (Wildman–Crippen LogP) is 4.88. The largest absolute Gasteiger partial charge is 0.354 e. The van der Waals surface area contributed by atoms with Gasteiger partial charge in [-0.1, -0.05) is 73.5 Å². The lowest BCUT2D eigenvalue weighted by atomic mass is 10.0. The van der Waals surface area contributed by atoms with Crippen LogP contribution in [-0.4, -0.2) is 55.4 Å². The molecular formula is C30H35ClN4O6S. The summed E-state index contributed by atoms with van der Waals surface area (Å²) in [4.78, 5) is 39.9. The fourth-order valence-corrected chi connectivity index (χ4v) is 5.45. The van der Waals surface area contributed by atoms with Crippen molar-refractivity contribution in [3.05, 3.63) is 105 Å². The maximum absolute atomic E-state index is 14.1. The molecular weight excluding hydrogens is 580 g/mol. The van der Waals surface area contributed by atoms with Crippen LogP contribution < -0.4 is 9.62 Å². The fourth-order valence-electron chi connectivity index (χ4n) is 4.42. The first kappa shape index (κ1) is 32.6. The molecule has 0 saturated heterocycles. The third-order valence-corrected chi connectivity index (χ3v) is 8.10. The fraction of sp³-hybridized carbons (Fsp3) is 0.333. The summed E-state index contributed by atoms with van der Waals surface area (Å²) in [6.07, 6.45) is 2.74. The van der Waals surface area contributed by atoms with E-state index in [4.69, 9.17) is 11.6 Å². The van der Waals surface area contributed by atoms with E-state index in [2.05, 4.69) is 5.32 Å². The lowest BCUT2D eigenvalue weighted by Crippen LogP contribution is -2.53. The quantitative estimate of drug-likeness (QED) is 0.156. The monoisotopic (exact) mass is 614 g/mol. The first-order valence-corrected chi connectivity index (χ1v) is 15.7. The predicted molar refractivity (Wildman–Crippen MR) is 164 cm³/mol. The number of rotatable bonds is 14. The molecule has 0 fully saturated rings. The Morgan fingerprint density at radius 1 is 1.02 bits per heavy atom. The summed E-state index contributed by atoms with van der Waals surface area (Å²) in [5, 5.41) is 14.9. The second-order valence-corrected chi connectivity index (χ2v) is 12.3. The number of aryl methyl sites for hydroxylation is 1. The van der Waals surface area contributed by atoms with Gasteiger partial charge in [-0.3, -0.25) is 24.0 Å². The number of amides is 2. The SMILES string of the molecule is CCCCNC(=O)C(Cc1ccccc1)N(Cc1ccc(Cl)cc1)C(=O)CN(c1cc([N+](=O)[O-])ccc1C)S(C)(=O)=O. The van der Waals surface area contributed by atoms with Gasteiger partial charge in [-0.25, -0.2) is 8.42 Å². The number of nitrogens with one attached hydrogen (secondary N) is 1. The van der Waals surface area contributed by atoms with Crippen molar-refractivity contribution < 1.29 is 22.9 Å². The van der Waals surface area contributed by atoms with Crippen LogP contribution in [0.2, 0.25) is 5.02 Å². The highest BCUT2D eigenvalue weighted by Gasteiger charge is 2.33. The zero-order valence-corrected chi connectivity index (χ0v) is 25.4. The van der Waals surface area contributed by atoms with Crippen molar-refractivity contribution >= 4 is 44.8 Å². The van der Waals surface area contributed by atoms with Crippen molar-refractivity contribution in [2.45, 2.75) is 45.7 Å². The van der Waals surface area contributed by atoms with Gasteiger partial charge in [0.2, 0.25) is 21.8 Å². The lowest BCUT2D eigenvalue weighted by Gasteiger charge is -2.33. The third-order valence-electron chi connectivity index (χ3n) is 6.72. The molecule has 0 radical (unpaired) electrons. The Labute approximate surface area is 251 Å². The Morgan fingerprint density at radius 2 is 1.69 bits per heavy atom. The number of nitrogens with zero attached hydrogens (tertiary/aromatic N) is 3. The van der Waals surface area contributed by atoms with Gasteiger partial charge < -0.3 is 10.2 Å². The molecule has 0 spiro atoms. The van der Waals surface area contributed by atoms with Gasteiger partial charge in [0.05, 0.1) is 16.9 Å². The number of carbonyl (C=O) groups is 2. The molecule has 3 rings (SSSR count). The second kappa shape index (κ2) is 14.8. The summed E-state index contributed by atoms with van der Waals surface area (Å²) in [6, 6.07) is 18.9. The minimum Gasteiger partial charge on any atom is -0.354 e. The van der Waals surface area contributed by atoms with E-state index in [0.29, 0.717) is 22.7 Å². The molecule has 0 aliphatic rings.